The number of hydrogen-bond acceptors (Lipinski definition) is 5. The van der Waals surface area contributed by atoms with Crippen LogP contribution in [-0.4, -0.2) is 41.1 Å². The van der Waals surface area contributed by atoms with E-state index in [9.17, 15) is 4.79 Å². The van der Waals surface area contributed by atoms with Gasteiger partial charge in [0.2, 0.25) is 0 Å². The molecule has 2 heterocycles. The molecule has 0 aliphatic carbocycles. The van der Waals surface area contributed by atoms with Crippen molar-refractivity contribution in [3.63, 3.8) is 0 Å². The molecule has 0 atom stereocenters. The maximum Gasteiger partial charge on any atom is 0.273 e. The molecule has 7 nitrogen and oxygen atoms in total. The minimum Gasteiger partial charge on any atom is -0.385 e. The Morgan fingerprint density at radius 2 is 2.18 bits per heavy atom. The second-order valence-corrected chi connectivity index (χ2v) is 5.25. The van der Waals surface area contributed by atoms with Gasteiger partial charge >= 0.3 is 0 Å². The smallest absolute Gasteiger partial charge is 0.273 e. The zero-order chi connectivity index (χ0) is 16.1. The first-order chi connectivity index (χ1) is 10.5. The van der Waals surface area contributed by atoms with Crippen LogP contribution in [0.1, 0.15) is 39.6 Å². The van der Waals surface area contributed by atoms with Gasteiger partial charge in [-0.05, 0) is 33.3 Å². The van der Waals surface area contributed by atoms with E-state index >= 15 is 0 Å². The summed E-state index contributed by atoms with van der Waals surface area (Å²) >= 11 is 0. The Balaban J connectivity index is 2.10. The highest BCUT2D eigenvalue weighted by Crippen LogP contribution is 2.16. The molecule has 0 fully saturated rings. The molecule has 0 aliphatic heterocycles. The van der Waals surface area contributed by atoms with Crippen LogP contribution in [0.25, 0.3) is 0 Å². The van der Waals surface area contributed by atoms with Crippen molar-refractivity contribution in [1.29, 1.82) is 0 Å². The average Bonchev–Trinajstić information content (AvgIpc) is 2.99. The van der Waals surface area contributed by atoms with Crippen LogP contribution >= 0.6 is 0 Å². The van der Waals surface area contributed by atoms with Gasteiger partial charge in [-0.2, -0.15) is 5.10 Å². The summed E-state index contributed by atoms with van der Waals surface area (Å²) in [4.78, 5) is 12.2. The number of methoxy groups -OCH3 is 1. The number of nitrogens with zero attached hydrogens (tertiary/aromatic N) is 3. The monoisotopic (exact) mass is 306 g/mol. The highest BCUT2D eigenvalue weighted by molar-refractivity contribution is 5.93. The van der Waals surface area contributed by atoms with Crippen molar-refractivity contribution < 1.29 is 14.1 Å². The summed E-state index contributed by atoms with van der Waals surface area (Å²) in [6, 6.07) is 1.99. The molecule has 22 heavy (non-hydrogen) atoms. The van der Waals surface area contributed by atoms with Gasteiger partial charge in [0, 0.05) is 31.5 Å². The molecule has 120 valence electrons. The number of hydrogen-bond donors (Lipinski definition) is 1. The van der Waals surface area contributed by atoms with E-state index < -0.39 is 0 Å². The van der Waals surface area contributed by atoms with Gasteiger partial charge in [0.1, 0.15) is 5.76 Å². The number of rotatable bonds is 7. The van der Waals surface area contributed by atoms with E-state index in [0.717, 1.165) is 23.4 Å². The van der Waals surface area contributed by atoms with Crippen LogP contribution in [0.2, 0.25) is 0 Å². The van der Waals surface area contributed by atoms with E-state index in [4.69, 9.17) is 9.26 Å². The lowest BCUT2D eigenvalue weighted by atomic mass is 10.2. The standard InChI is InChI=1S/C15H22N4O3/c1-10-8-11(2)19(17-10)9-13-12(3)22-18-14(13)15(20)16-6-5-7-21-4/h8H,5-7,9H2,1-4H3,(H,16,20). The van der Waals surface area contributed by atoms with Gasteiger partial charge in [0.05, 0.1) is 12.2 Å². The third-order valence-corrected chi connectivity index (χ3v) is 3.42. The second-order valence-electron chi connectivity index (χ2n) is 5.25. The summed E-state index contributed by atoms with van der Waals surface area (Å²) in [7, 11) is 1.63. The topological polar surface area (TPSA) is 82.2 Å². The number of carbonyl (C=O) groups is 1. The lowest BCUT2D eigenvalue weighted by Gasteiger charge is -2.06. The SMILES string of the molecule is COCCCNC(=O)c1noc(C)c1Cn1nc(C)cc1C. The van der Waals surface area contributed by atoms with Crippen LogP contribution in [-0.2, 0) is 11.3 Å². The number of aryl methyl sites for hydroxylation is 3. The Kier molecular flexibility index (Phi) is 5.32. The van der Waals surface area contributed by atoms with E-state index in [1.807, 2.05) is 24.6 Å². The summed E-state index contributed by atoms with van der Waals surface area (Å²) in [6.07, 6.45) is 0.756. The first kappa shape index (κ1) is 16.2. The van der Waals surface area contributed by atoms with E-state index in [-0.39, 0.29) is 5.91 Å². The number of carbonyl (C=O) groups excluding carboxylic acids is 1. The largest absolute Gasteiger partial charge is 0.385 e. The molecule has 0 aromatic carbocycles. The normalized spacial score (nSPS) is 10.9. The van der Waals surface area contributed by atoms with Crippen LogP contribution in [0.4, 0.5) is 0 Å². The molecular formula is C15H22N4O3. The van der Waals surface area contributed by atoms with Crippen molar-refractivity contribution in [3.05, 3.63) is 34.5 Å². The van der Waals surface area contributed by atoms with Crippen molar-refractivity contribution in [1.82, 2.24) is 20.3 Å². The summed E-state index contributed by atoms with van der Waals surface area (Å²) < 4.78 is 12.0. The quantitative estimate of drug-likeness (QED) is 0.786. The molecule has 0 unspecified atom stereocenters. The zero-order valence-electron chi connectivity index (χ0n) is 13.5. The molecule has 0 bridgehead atoms. The fourth-order valence-corrected chi connectivity index (χ4v) is 2.24. The third-order valence-electron chi connectivity index (χ3n) is 3.42. The predicted molar refractivity (Wildman–Crippen MR) is 80.9 cm³/mol. The zero-order valence-corrected chi connectivity index (χ0v) is 13.5. The van der Waals surface area contributed by atoms with Crippen molar-refractivity contribution in [2.75, 3.05) is 20.3 Å². The summed E-state index contributed by atoms with van der Waals surface area (Å²) in [5.41, 5.74) is 3.06. The van der Waals surface area contributed by atoms with Crippen LogP contribution in [0.15, 0.2) is 10.6 Å². The van der Waals surface area contributed by atoms with Gasteiger partial charge in [-0.1, -0.05) is 5.16 Å². The summed E-state index contributed by atoms with van der Waals surface area (Å²) in [5, 5.41) is 11.1. The maximum absolute atomic E-state index is 12.2. The van der Waals surface area contributed by atoms with E-state index in [1.165, 1.54) is 0 Å². The predicted octanol–water partition coefficient (Wildman–Crippen LogP) is 1.61. The number of amides is 1. The van der Waals surface area contributed by atoms with Gasteiger partial charge in [0.25, 0.3) is 5.91 Å². The number of ether oxygens (including phenoxy) is 1. The molecule has 7 heteroatoms. The van der Waals surface area contributed by atoms with Crippen molar-refractivity contribution in [3.8, 4) is 0 Å². The fraction of sp³-hybridized carbons (Fsp3) is 0.533. The summed E-state index contributed by atoms with van der Waals surface area (Å²) in [6.45, 7) is 7.33. The molecule has 2 aromatic heterocycles. The lowest BCUT2D eigenvalue weighted by molar-refractivity contribution is 0.0938. The molecule has 1 amide bonds. The third kappa shape index (κ3) is 3.73. The van der Waals surface area contributed by atoms with Gasteiger partial charge in [0.15, 0.2) is 5.69 Å². The van der Waals surface area contributed by atoms with Gasteiger partial charge in [-0.15, -0.1) is 0 Å². The Bertz CT molecular complexity index is 645. The van der Waals surface area contributed by atoms with Gasteiger partial charge in [-0.3, -0.25) is 9.48 Å². The lowest BCUT2D eigenvalue weighted by Crippen LogP contribution is -2.27. The van der Waals surface area contributed by atoms with Crippen LogP contribution in [0, 0.1) is 20.8 Å². The Morgan fingerprint density at radius 1 is 1.41 bits per heavy atom. The molecule has 0 spiro atoms. The maximum atomic E-state index is 12.2. The average molecular weight is 306 g/mol. The highest BCUT2D eigenvalue weighted by atomic mass is 16.5. The van der Waals surface area contributed by atoms with E-state index in [1.54, 1.807) is 14.0 Å². The first-order valence-electron chi connectivity index (χ1n) is 7.26. The van der Waals surface area contributed by atoms with Crippen molar-refractivity contribution in [2.24, 2.45) is 0 Å². The number of nitrogens with one attached hydrogen (secondary N) is 1. The molecule has 0 saturated heterocycles. The Hall–Kier alpha value is -2.15. The summed E-state index contributed by atoms with van der Waals surface area (Å²) in [5.74, 6) is 0.402. The van der Waals surface area contributed by atoms with Crippen molar-refractivity contribution >= 4 is 5.91 Å². The second kappa shape index (κ2) is 7.22. The molecule has 2 rings (SSSR count). The van der Waals surface area contributed by atoms with Crippen molar-refractivity contribution in [2.45, 2.75) is 33.7 Å². The van der Waals surface area contributed by atoms with Gasteiger partial charge < -0.3 is 14.6 Å². The molecule has 0 radical (unpaired) electrons. The van der Waals surface area contributed by atoms with E-state index in [0.29, 0.717) is 31.2 Å². The first-order valence-corrected chi connectivity index (χ1v) is 7.26. The highest BCUT2D eigenvalue weighted by Gasteiger charge is 2.20. The van der Waals surface area contributed by atoms with Crippen LogP contribution in [0.5, 0.6) is 0 Å². The Labute approximate surface area is 129 Å². The molecule has 0 aliphatic rings. The molecule has 0 saturated carbocycles. The van der Waals surface area contributed by atoms with Gasteiger partial charge in [-0.25, -0.2) is 0 Å². The van der Waals surface area contributed by atoms with E-state index in [2.05, 4.69) is 15.6 Å². The molecule has 1 N–H and O–H groups in total. The van der Waals surface area contributed by atoms with Crippen LogP contribution < -0.4 is 5.32 Å². The minimum absolute atomic E-state index is 0.232. The number of aromatic nitrogens is 3. The Morgan fingerprint density at radius 3 is 2.82 bits per heavy atom. The minimum atomic E-state index is -0.232. The molecular weight excluding hydrogens is 284 g/mol. The molecule has 2 aromatic rings. The van der Waals surface area contributed by atoms with Crippen LogP contribution in [0.3, 0.4) is 0 Å². The fourth-order valence-electron chi connectivity index (χ4n) is 2.24.